The van der Waals surface area contributed by atoms with Gasteiger partial charge in [-0.2, -0.15) is 0 Å². The van der Waals surface area contributed by atoms with Crippen molar-refractivity contribution in [2.45, 2.75) is 5.92 Å². The van der Waals surface area contributed by atoms with E-state index >= 15 is 0 Å². The van der Waals surface area contributed by atoms with Crippen LogP contribution in [0.3, 0.4) is 0 Å². The van der Waals surface area contributed by atoms with Gasteiger partial charge in [0.1, 0.15) is 5.75 Å². The van der Waals surface area contributed by atoms with Crippen LogP contribution in [0.4, 0.5) is 5.69 Å². The molecule has 15 heavy (non-hydrogen) atoms. The number of hydrogen-bond donors (Lipinski definition) is 1. The first kappa shape index (κ1) is 9.92. The van der Waals surface area contributed by atoms with Crippen molar-refractivity contribution in [3.8, 4) is 5.75 Å². The van der Waals surface area contributed by atoms with Crippen molar-refractivity contribution in [3.05, 3.63) is 33.9 Å². The molecule has 0 bridgehead atoms. The van der Waals surface area contributed by atoms with Crippen LogP contribution in [0.15, 0.2) is 18.2 Å². The largest absolute Gasteiger partial charge is 0.496 e. The van der Waals surface area contributed by atoms with Crippen LogP contribution in [0.1, 0.15) is 11.5 Å². The van der Waals surface area contributed by atoms with Crippen LogP contribution in [-0.4, -0.2) is 25.1 Å². The zero-order valence-electron chi connectivity index (χ0n) is 8.40. The number of nitro benzene ring substituents is 1. The lowest BCUT2D eigenvalue weighted by Crippen LogP contribution is -2.40. The van der Waals surface area contributed by atoms with Crippen molar-refractivity contribution >= 4 is 5.69 Å². The molecular weight excluding hydrogens is 196 g/mol. The highest BCUT2D eigenvalue weighted by Crippen LogP contribution is 2.32. The highest BCUT2D eigenvalue weighted by Gasteiger charge is 2.23. The lowest BCUT2D eigenvalue weighted by atomic mass is 9.93. The van der Waals surface area contributed by atoms with Crippen LogP contribution < -0.4 is 10.1 Å². The third-order valence-corrected chi connectivity index (χ3v) is 2.65. The number of rotatable bonds is 3. The Bertz CT molecular complexity index is 388. The van der Waals surface area contributed by atoms with Crippen LogP contribution in [0.5, 0.6) is 5.75 Å². The summed E-state index contributed by atoms with van der Waals surface area (Å²) in [5.41, 5.74) is 1.12. The molecule has 0 amide bonds. The third-order valence-electron chi connectivity index (χ3n) is 2.65. The Hall–Kier alpha value is -1.62. The number of nitro groups is 1. The molecule has 2 rings (SSSR count). The predicted molar refractivity (Wildman–Crippen MR) is 55.3 cm³/mol. The van der Waals surface area contributed by atoms with Gasteiger partial charge in [0.05, 0.1) is 18.1 Å². The number of nitrogens with one attached hydrogen (secondary N) is 1. The topological polar surface area (TPSA) is 64.4 Å². The van der Waals surface area contributed by atoms with Crippen LogP contribution in [-0.2, 0) is 0 Å². The molecule has 0 spiro atoms. The Kier molecular flexibility index (Phi) is 2.55. The SMILES string of the molecule is COc1cc([N+](=O)[O-])ccc1C1CNC1. The summed E-state index contributed by atoms with van der Waals surface area (Å²) < 4.78 is 5.16. The number of benzene rings is 1. The molecule has 0 saturated carbocycles. The second-order valence-electron chi connectivity index (χ2n) is 3.54. The summed E-state index contributed by atoms with van der Waals surface area (Å²) in [4.78, 5) is 10.2. The summed E-state index contributed by atoms with van der Waals surface area (Å²) in [5.74, 6) is 1.02. The minimum atomic E-state index is -0.411. The molecule has 0 aromatic heterocycles. The fraction of sp³-hybridized carbons (Fsp3) is 0.400. The Balaban J connectivity index is 2.34. The molecule has 0 radical (unpaired) electrons. The highest BCUT2D eigenvalue weighted by molar-refractivity contribution is 5.46. The molecule has 1 fully saturated rings. The highest BCUT2D eigenvalue weighted by atomic mass is 16.6. The molecule has 1 saturated heterocycles. The van der Waals surface area contributed by atoms with Crippen molar-refractivity contribution < 1.29 is 9.66 Å². The molecule has 1 aromatic rings. The quantitative estimate of drug-likeness (QED) is 0.600. The van der Waals surface area contributed by atoms with E-state index in [1.807, 2.05) is 0 Å². The van der Waals surface area contributed by atoms with Gasteiger partial charge >= 0.3 is 0 Å². The summed E-state index contributed by atoms with van der Waals surface area (Å²) in [6.45, 7) is 1.82. The van der Waals surface area contributed by atoms with Crippen LogP contribution >= 0.6 is 0 Å². The van der Waals surface area contributed by atoms with Crippen LogP contribution in [0.2, 0.25) is 0 Å². The molecule has 1 aromatic carbocycles. The van der Waals surface area contributed by atoms with Gasteiger partial charge in [-0.15, -0.1) is 0 Å². The zero-order valence-corrected chi connectivity index (χ0v) is 8.40. The smallest absolute Gasteiger partial charge is 0.273 e. The number of hydrogen-bond acceptors (Lipinski definition) is 4. The molecular formula is C10H12N2O3. The second kappa shape index (κ2) is 3.86. The van der Waals surface area contributed by atoms with Gasteiger partial charge in [-0.05, 0) is 6.07 Å². The Morgan fingerprint density at radius 1 is 1.53 bits per heavy atom. The molecule has 1 aliphatic heterocycles. The summed E-state index contributed by atoms with van der Waals surface area (Å²) in [5, 5.41) is 13.7. The third kappa shape index (κ3) is 1.78. The number of nitrogens with zero attached hydrogens (tertiary/aromatic N) is 1. The van der Waals surface area contributed by atoms with Gasteiger partial charge in [-0.25, -0.2) is 0 Å². The van der Waals surface area contributed by atoms with Gasteiger partial charge in [-0.1, -0.05) is 0 Å². The molecule has 80 valence electrons. The Morgan fingerprint density at radius 2 is 2.27 bits per heavy atom. The average molecular weight is 208 g/mol. The van der Waals surface area contributed by atoms with Gasteiger partial charge in [0.2, 0.25) is 0 Å². The van der Waals surface area contributed by atoms with Crippen molar-refractivity contribution in [1.82, 2.24) is 5.32 Å². The van der Waals surface area contributed by atoms with E-state index in [2.05, 4.69) is 5.32 Å². The fourth-order valence-electron chi connectivity index (χ4n) is 1.66. The van der Waals surface area contributed by atoms with E-state index in [9.17, 15) is 10.1 Å². The summed E-state index contributed by atoms with van der Waals surface area (Å²) in [7, 11) is 1.54. The molecule has 1 heterocycles. The van der Waals surface area contributed by atoms with Crippen molar-refractivity contribution in [3.63, 3.8) is 0 Å². The first-order valence-corrected chi connectivity index (χ1v) is 4.75. The number of methoxy groups -OCH3 is 1. The normalized spacial score (nSPS) is 15.8. The first-order chi connectivity index (χ1) is 7.22. The average Bonchev–Trinajstić information content (AvgIpc) is 2.15. The fourth-order valence-corrected chi connectivity index (χ4v) is 1.66. The van der Waals surface area contributed by atoms with E-state index in [-0.39, 0.29) is 5.69 Å². The summed E-state index contributed by atoms with van der Waals surface area (Å²) >= 11 is 0. The van der Waals surface area contributed by atoms with E-state index < -0.39 is 4.92 Å². The second-order valence-corrected chi connectivity index (χ2v) is 3.54. The maximum Gasteiger partial charge on any atom is 0.273 e. The molecule has 0 unspecified atom stereocenters. The molecule has 5 heteroatoms. The predicted octanol–water partition coefficient (Wildman–Crippen LogP) is 1.29. The molecule has 5 nitrogen and oxygen atoms in total. The van der Waals surface area contributed by atoms with E-state index in [1.165, 1.54) is 19.2 Å². The maximum absolute atomic E-state index is 10.6. The molecule has 1 N–H and O–H groups in total. The summed E-state index contributed by atoms with van der Waals surface area (Å²) in [6, 6.07) is 4.78. The van der Waals surface area contributed by atoms with E-state index in [0.29, 0.717) is 11.7 Å². The minimum absolute atomic E-state index is 0.0721. The van der Waals surface area contributed by atoms with Gasteiger partial charge in [0.15, 0.2) is 0 Å². The van der Waals surface area contributed by atoms with E-state index in [0.717, 1.165) is 18.7 Å². The monoisotopic (exact) mass is 208 g/mol. The molecule has 0 atom stereocenters. The Morgan fingerprint density at radius 3 is 2.73 bits per heavy atom. The standard InChI is InChI=1S/C10H12N2O3/c1-15-10-4-8(12(13)14)2-3-9(10)7-5-11-6-7/h2-4,7,11H,5-6H2,1H3. The lowest BCUT2D eigenvalue weighted by Gasteiger charge is -2.28. The van der Waals surface area contributed by atoms with Crippen molar-refractivity contribution in [2.75, 3.05) is 20.2 Å². The van der Waals surface area contributed by atoms with Gasteiger partial charge in [0, 0.05) is 30.6 Å². The van der Waals surface area contributed by atoms with Gasteiger partial charge in [-0.3, -0.25) is 10.1 Å². The minimum Gasteiger partial charge on any atom is -0.496 e. The molecule has 0 aliphatic carbocycles. The maximum atomic E-state index is 10.6. The summed E-state index contributed by atoms with van der Waals surface area (Å²) in [6.07, 6.45) is 0. The number of ether oxygens (including phenoxy) is 1. The van der Waals surface area contributed by atoms with E-state index in [4.69, 9.17) is 4.74 Å². The van der Waals surface area contributed by atoms with Crippen molar-refractivity contribution in [2.24, 2.45) is 0 Å². The van der Waals surface area contributed by atoms with E-state index in [1.54, 1.807) is 6.07 Å². The molecule has 1 aliphatic rings. The number of non-ortho nitro benzene ring substituents is 1. The van der Waals surface area contributed by atoms with Crippen LogP contribution in [0.25, 0.3) is 0 Å². The van der Waals surface area contributed by atoms with Gasteiger partial charge < -0.3 is 10.1 Å². The van der Waals surface area contributed by atoms with Crippen LogP contribution in [0, 0.1) is 10.1 Å². The lowest BCUT2D eigenvalue weighted by molar-refractivity contribution is -0.384. The van der Waals surface area contributed by atoms with Gasteiger partial charge in [0.25, 0.3) is 5.69 Å². The Labute approximate surface area is 87.2 Å². The zero-order chi connectivity index (χ0) is 10.8. The first-order valence-electron chi connectivity index (χ1n) is 4.75. The van der Waals surface area contributed by atoms with Crippen molar-refractivity contribution in [1.29, 1.82) is 0 Å².